The maximum atomic E-state index is 11.9. The molecular weight excluding hydrogens is 340 g/mol. The average molecular weight is 364 g/mol. The predicted octanol–water partition coefficient (Wildman–Crippen LogP) is 3.77. The highest BCUT2D eigenvalue weighted by Gasteiger charge is 2.11. The molecule has 3 N–H and O–H groups in total. The first-order chi connectivity index (χ1) is 13.2. The molecule has 27 heavy (non-hydrogen) atoms. The van der Waals surface area contributed by atoms with Gasteiger partial charge < -0.3 is 20.5 Å². The van der Waals surface area contributed by atoms with Crippen LogP contribution in [0.2, 0.25) is 0 Å². The molecule has 3 aromatic carbocycles. The fraction of sp³-hybridized carbons (Fsp3) is 0.227. The molecule has 0 saturated heterocycles. The Morgan fingerprint density at radius 1 is 1.00 bits per heavy atom. The van der Waals surface area contributed by atoms with Crippen molar-refractivity contribution >= 4 is 16.8 Å². The number of rotatable bonds is 7. The summed E-state index contributed by atoms with van der Waals surface area (Å²) in [6.07, 6.45) is -0.178. The number of methoxy groups -OCH3 is 1. The van der Waals surface area contributed by atoms with Crippen molar-refractivity contribution in [3.8, 4) is 5.75 Å². The van der Waals surface area contributed by atoms with Crippen molar-refractivity contribution in [1.82, 2.24) is 10.6 Å². The number of ether oxygens (including phenoxy) is 1. The zero-order chi connectivity index (χ0) is 19.1. The maximum Gasteiger partial charge on any atom is 0.315 e. The highest BCUT2D eigenvalue weighted by molar-refractivity contribution is 5.86. The number of carbonyl (C=O) groups excluding carboxylic acids is 1. The van der Waals surface area contributed by atoms with Crippen LogP contribution in [0.25, 0.3) is 10.8 Å². The molecule has 3 aromatic rings. The molecule has 0 saturated carbocycles. The van der Waals surface area contributed by atoms with Gasteiger partial charge >= 0.3 is 6.03 Å². The first kappa shape index (κ1) is 18.7. The minimum absolute atomic E-state index is 0.254. The molecule has 0 heterocycles. The molecule has 0 aliphatic rings. The summed E-state index contributed by atoms with van der Waals surface area (Å²) in [5.74, 6) is 0.783. The van der Waals surface area contributed by atoms with Crippen LogP contribution in [0.4, 0.5) is 4.79 Å². The Bertz CT molecular complexity index is 888. The second-order valence-electron chi connectivity index (χ2n) is 6.33. The van der Waals surface area contributed by atoms with Gasteiger partial charge in [-0.3, -0.25) is 0 Å². The lowest BCUT2D eigenvalue weighted by Crippen LogP contribution is -2.36. The smallest absolute Gasteiger partial charge is 0.315 e. The summed E-state index contributed by atoms with van der Waals surface area (Å²) in [7, 11) is 1.62. The second kappa shape index (κ2) is 9.05. The molecule has 1 atom stereocenters. The van der Waals surface area contributed by atoms with Crippen LogP contribution in [0, 0.1) is 0 Å². The van der Waals surface area contributed by atoms with Gasteiger partial charge in [0, 0.05) is 13.1 Å². The number of nitrogens with one attached hydrogen (secondary N) is 2. The minimum Gasteiger partial charge on any atom is -0.497 e. The fourth-order valence-corrected chi connectivity index (χ4v) is 3.01. The molecule has 0 aromatic heterocycles. The van der Waals surface area contributed by atoms with E-state index in [0.717, 1.165) is 27.6 Å². The number of fused-ring (bicyclic) bond motifs is 1. The fourth-order valence-electron chi connectivity index (χ4n) is 3.01. The number of aliphatic hydroxyl groups excluding tert-OH is 1. The van der Waals surface area contributed by atoms with Crippen molar-refractivity contribution in [2.45, 2.75) is 19.1 Å². The van der Waals surface area contributed by atoms with Gasteiger partial charge in [0.05, 0.1) is 13.2 Å². The minimum atomic E-state index is -0.627. The van der Waals surface area contributed by atoms with E-state index in [2.05, 4.69) is 10.6 Å². The molecule has 0 spiro atoms. The zero-order valence-electron chi connectivity index (χ0n) is 15.3. The van der Waals surface area contributed by atoms with Gasteiger partial charge in [0.15, 0.2) is 0 Å². The van der Waals surface area contributed by atoms with E-state index in [0.29, 0.717) is 19.5 Å². The Morgan fingerprint density at radius 2 is 1.74 bits per heavy atom. The Hall–Kier alpha value is -3.05. The van der Waals surface area contributed by atoms with E-state index in [1.165, 1.54) is 0 Å². The van der Waals surface area contributed by atoms with Crippen molar-refractivity contribution in [1.29, 1.82) is 0 Å². The molecule has 140 valence electrons. The maximum absolute atomic E-state index is 11.9. The van der Waals surface area contributed by atoms with Crippen molar-refractivity contribution in [3.05, 3.63) is 77.9 Å². The molecule has 0 aliphatic carbocycles. The molecule has 0 unspecified atom stereocenters. The van der Waals surface area contributed by atoms with E-state index in [1.807, 2.05) is 66.7 Å². The highest BCUT2D eigenvalue weighted by atomic mass is 16.5. The first-order valence-corrected chi connectivity index (χ1v) is 8.98. The third-order valence-corrected chi connectivity index (χ3v) is 4.50. The number of urea groups is 1. The molecule has 0 radical (unpaired) electrons. The standard InChI is InChI=1S/C22H24N2O3/c1-27-18-11-9-16(10-12-18)15-24-22(26)23-14-13-21(25)20-8-4-6-17-5-2-3-7-19(17)20/h2-12,21,25H,13-15H2,1H3,(H2,23,24,26)/t21-/m1/s1. The lowest BCUT2D eigenvalue weighted by Gasteiger charge is -2.14. The highest BCUT2D eigenvalue weighted by Crippen LogP contribution is 2.25. The van der Waals surface area contributed by atoms with E-state index in [1.54, 1.807) is 7.11 Å². The largest absolute Gasteiger partial charge is 0.497 e. The van der Waals surface area contributed by atoms with Crippen molar-refractivity contribution in [2.75, 3.05) is 13.7 Å². The number of hydrogen-bond donors (Lipinski definition) is 3. The third kappa shape index (κ3) is 4.99. The van der Waals surface area contributed by atoms with Crippen LogP contribution in [-0.4, -0.2) is 24.8 Å². The van der Waals surface area contributed by atoms with Crippen LogP contribution in [0.3, 0.4) is 0 Å². The Morgan fingerprint density at radius 3 is 2.52 bits per heavy atom. The predicted molar refractivity (Wildman–Crippen MR) is 107 cm³/mol. The summed E-state index contributed by atoms with van der Waals surface area (Å²) in [6, 6.07) is 21.1. The summed E-state index contributed by atoms with van der Waals surface area (Å²) in [6.45, 7) is 0.820. The molecule has 3 rings (SSSR count). The Balaban J connectivity index is 1.46. The second-order valence-corrected chi connectivity index (χ2v) is 6.33. The Labute approximate surface area is 159 Å². The van der Waals surface area contributed by atoms with Gasteiger partial charge in [-0.05, 0) is 40.5 Å². The van der Waals surface area contributed by atoms with E-state index in [-0.39, 0.29) is 6.03 Å². The van der Waals surface area contributed by atoms with E-state index < -0.39 is 6.10 Å². The quantitative estimate of drug-likeness (QED) is 0.598. The van der Waals surface area contributed by atoms with Gasteiger partial charge in [0.2, 0.25) is 0 Å². The van der Waals surface area contributed by atoms with Crippen LogP contribution >= 0.6 is 0 Å². The summed E-state index contributed by atoms with van der Waals surface area (Å²) < 4.78 is 5.11. The van der Waals surface area contributed by atoms with Crippen LogP contribution in [0.1, 0.15) is 23.7 Å². The van der Waals surface area contributed by atoms with Gasteiger partial charge in [-0.15, -0.1) is 0 Å². The number of aliphatic hydroxyl groups is 1. The SMILES string of the molecule is COc1ccc(CNC(=O)NCC[C@@H](O)c2cccc3ccccc23)cc1. The monoisotopic (exact) mass is 364 g/mol. The van der Waals surface area contributed by atoms with E-state index in [9.17, 15) is 9.90 Å². The van der Waals surface area contributed by atoms with Crippen LogP contribution in [-0.2, 0) is 6.54 Å². The number of amides is 2. The topological polar surface area (TPSA) is 70.6 Å². The first-order valence-electron chi connectivity index (χ1n) is 8.98. The van der Waals surface area contributed by atoms with E-state index >= 15 is 0 Å². The summed E-state index contributed by atoms with van der Waals surface area (Å²) >= 11 is 0. The Kier molecular flexibility index (Phi) is 6.28. The normalized spacial score (nSPS) is 11.8. The van der Waals surface area contributed by atoms with Crippen LogP contribution in [0.5, 0.6) is 5.75 Å². The van der Waals surface area contributed by atoms with Gasteiger partial charge in [0.25, 0.3) is 0 Å². The van der Waals surface area contributed by atoms with Crippen LogP contribution in [0.15, 0.2) is 66.7 Å². The molecule has 0 bridgehead atoms. The zero-order valence-corrected chi connectivity index (χ0v) is 15.3. The van der Waals surface area contributed by atoms with Crippen molar-refractivity contribution in [2.24, 2.45) is 0 Å². The molecule has 0 fully saturated rings. The number of carbonyl (C=O) groups is 1. The van der Waals surface area contributed by atoms with Gasteiger partial charge in [-0.2, -0.15) is 0 Å². The number of hydrogen-bond acceptors (Lipinski definition) is 3. The molecule has 5 heteroatoms. The lowest BCUT2D eigenvalue weighted by molar-refractivity contribution is 0.168. The van der Waals surface area contributed by atoms with Crippen LogP contribution < -0.4 is 15.4 Å². The molecule has 5 nitrogen and oxygen atoms in total. The molecule has 0 aliphatic heterocycles. The van der Waals surface area contributed by atoms with Gasteiger partial charge in [0.1, 0.15) is 5.75 Å². The van der Waals surface area contributed by atoms with Crippen molar-refractivity contribution in [3.63, 3.8) is 0 Å². The summed E-state index contributed by atoms with van der Waals surface area (Å²) in [5.41, 5.74) is 1.87. The number of benzene rings is 3. The summed E-state index contributed by atoms with van der Waals surface area (Å²) in [5, 5.41) is 18.2. The van der Waals surface area contributed by atoms with Gasteiger partial charge in [-0.25, -0.2) is 4.79 Å². The lowest BCUT2D eigenvalue weighted by atomic mass is 9.99. The average Bonchev–Trinajstić information content (AvgIpc) is 2.72. The van der Waals surface area contributed by atoms with Gasteiger partial charge in [-0.1, -0.05) is 54.6 Å². The molecule has 2 amide bonds. The molecular formula is C22H24N2O3. The third-order valence-electron chi connectivity index (χ3n) is 4.50. The summed E-state index contributed by atoms with van der Waals surface area (Å²) in [4.78, 5) is 11.9. The van der Waals surface area contributed by atoms with E-state index in [4.69, 9.17) is 4.74 Å². The van der Waals surface area contributed by atoms with Crippen molar-refractivity contribution < 1.29 is 14.6 Å².